The summed E-state index contributed by atoms with van der Waals surface area (Å²) in [6, 6.07) is 8.31. The van der Waals surface area contributed by atoms with Gasteiger partial charge in [-0.3, -0.25) is 0 Å². The van der Waals surface area contributed by atoms with E-state index < -0.39 is 66.9 Å². The van der Waals surface area contributed by atoms with Gasteiger partial charge in [0.15, 0.2) is 0 Å². The highest BCUT2D eigenvalue weighted by Gasteiger charge is 2.95. The third-order valence-electron chi connectivity index (χ3n) is 5.34. The van der Waals surface area contributed by atoms with E-state index in [0.29, 0.717) is 6.42 Å². The zero-order chi connectivity index (χ0) is 29.4. The van der Waals surface area contributed by atoms with E-state index in [-0.39, 0.29) is 12.8 Å². The van der Waals surface area contributed by atoms with Crippen LogP contribution >= 0.6 is 0 Å². The number of halogens is 17. The van der Waals surface area contributed by atoms with Crippen molar-refractivity contribution in [3.05, 3.63) is 35.9 Å². The third kappa shape index (κ3) is 5.59. The quantitative estimate of drug-likeness (QED) is 0.161. The zero-order valence-electron chi connectivity index (χ0n) is 18.1. The molecule has 0 fully saturated rings. The van der Waals surface area contributed by atoms with Gasteiger partial charge in [-0.1, -0.05) is 43.2 Å². The van der Waals surface area contributed by atoms with Crippen LogP contribution in [0.25, 0.3) is 0 Å². The van der Waals surface area contributed by atoms with Gasteiger partial charge in [0.2, 0.25) is 0 Å². The molecule has 0 unspecified atom stereocenters. The fourth-order valence-electron chi connectivity index (χ4n) is 3.03. The molecule has 0 amide bonds. The number of aryl methyl sites for hydroxylation is 1. The summed E-state index contributed by atoms with van der Waals surface area (Å²) in [6.45, 7) is 0. The van der Waals surface area contributed by atoms with Crippen molar-refractivity contribution in [2.75, 3.05) is 0 Å². The maximum Gasteiger partial charge on any atom is 0.460 e. The van der Waals surface area contributed by atoms with Crippen LogP contribution in [0, 0.1) is 0 Å². The maximum atomic E-state index is 13.8. The van der Waals surface area contributed by atoms with Gasteiger partial charge in [0.25, 0.3) is 0 Å². The number of unbranched alkanes of at least 4 members (excludes halogenated alkanes) is 3. The number of rotatable bonds is 13. The third-order valence-corrected chi connectivity index (χ3v) is 5.34. The molecule has 0 nitrogen and oxygen atoms in total. The highest BCUT2D eigenvalue weighted by Crippen LogP contribution is 2.64. The molecule has 0 saturated carbocycles. The molecule has 0 aromatic heterocycles. The Labute approximate surface area is 197 Å². The van der Waals surface area contributed by atoms with E-state index in [2.05, 4.69) is 0 Å². The summed E-state index contributed by atoms with van der Waals surface area (Å²) in [5.41, 5.74) is 0.773. The van der Waals surface area contributed by atoms with Gasteiger partial charge in [0.1, 0.15) is 0 Å². The molecule has 37 heavy (non-hydrogen) atoms. The number of hydrogen-bond donors (Lipinski definition) is 0. The Morgan fingerprint density at radius 3 is 1.22 bits per heavy atom. The van der Waals surface area contributed by atoms with Gasteiger partial charge in [0.05, 0.1) is 0 Å². The average Bonchev–Trinajstić information content (AvgIpc) is 2.75. The van der Waals surface area contributed by atoms with Gasteiger partial charge < -0.3 is 0 Å². The Kier molecular flexibility index (Phi) is 9.21. The molecule has 0 heterocycles. The molecule has 0 radical (unpaired) electrons. The summed E-state index contributed by atoms with van der Waals surface area (Å²) in [7, 11) is 0. The van der Waals surface area contributed by atoms with E-state index >= 15 is 0 Å². The molecule has 17 heteroatoms. The Morgan fingerprint density at radius 2 is 0.784 bits per heavy atom. The first-order valence-corrected chi connectivity index (χ1v) is 10.1. The fraction of sp³-hybridized carbons (Fsp3) is 0.700. The van der Waals surface area contributed by atoms with Crippen LogP contribution in [0.3, 0.4) is 0 Å². The van der Waals surface area contributed by atoms with Gasteiger partial charge in [-0.2, -0.15) is 74.6 Å². The van der Waals surface area contributed by atoms with Crippen molar-refractivity contribution in [1.29, 1.82) is 0 Å². The van der Waals surface area contributed by atoms with Crippen molar-refractivity contribution in [3.63, 3.8) is 0 Å². The molecule has 1 aromatic carbocycles. The lowest BCUT2D eigenvalue weighted by Gasteiger charge is -2.42. The predicted molar refractivity (Wildman–Crippen MR) is 93.9 cm³/mol. The van der Waals surface area contributed by atoms with Crippen LogP contribution in [0.1, 0.15) is 37.7 Å². The molecular formula is C20H17F17. The summed E-state index contributed by atoms with van der Waals surface area (Å²) in [4.78, 5) is 0. The second-order valence-corrected chi connectivity index (χ2v) is 8.05. The Morgan fingerprint density at radius 1 is 0.405 bits per heavy atom. The van der Waals surface area contributed by atoms with Crippen LogP contribution in [-0.4, -0.2) is 47.6 Å². The van der Waals surface area contributed by atoms with Crippen LogP contribution in [0.5, 0.6) is 0 Å². The highest BCUT2D eigenvalue weighted by atomic mass is 19.4. The molecule has 0 aliphatic carbocycles. The van der Waals surface area contributed by atoms with E-state index in [4.69, 9.17) is 0 Å². The SMILES string of the molecule is FC(F)(F)C(F)(F)C(F)(F)C(F)(F)C(F)(F)C(F)(F)C(F)(F)C(F)(F)CCCCCCc1ccccc1. The number of hydrogen-bond acceptors (Lipinski definition) is 0. The first kappa shape index (κ1) is 33.1. The van der Waals surface area contributed by atoms with Crippen molar-refractivity contribution >= 4 is 0 Å². The van der Waals surface area contributed by atoms with Gasteiger partial charge in [-0.25, -0.2) is 0 Å². The second-order valence-electron chi connectivity index (χ2n) is 8.05. The number of benzene rings is 1. The number of alkyl halides is 17. The topological polar surface area (TPSA) is 0 Å². The van der Waals surface area contributed by atoms with Gasteiger partial charge >= 0.3 is 47.6 Å². The van der Waals surface area contributed by atoms with E-state index in [1.54, 1.807) is 30.3 Å². The first-order valence-electron chi connectivity index (χ1n) is 10.1. The van der Waals surface area contributed by atoms with Gasteiger partial charge in [0, 0.05) is 6.42 Å². The fourth-order valence-corrected chi connectivity index (χ4v) is 3.03. The van der Waals surface area contributed by atoms with Crippen molar-refractivity contribution in [2.24, 2.45) is 0 Å². The van der Waals surface area contributed by atoms with Crippen LogP contribution in [0.15, 0.2) is 30.3 Å². The summed E-state index contributed by atoms with van der Waals surface area (Å²) < 4.78 is 224. The van der Waals surface area contributed by atoms with E-state index in [1.807, 2.05) is 0 Å². The normalized spacial score (nSPS) is 15.3. The molecule has 0 saturated heterocycles. The van der Waals surface area contributed by atoms with Crippen molar-refractivity contribution in [3.8, 4) is 0 Å². The molecule has 0 bridgehead atoms. The zero-order valence-corrected chi connectivity index (χ0v) is 18.1. The molecule has 0 aliphatic rings. The van der Waals surface area contributed by atoms with E-state index in [0.717, 1.165) is 5.56 Å². The first-order chi connectivity index (χ1) is 16.3. The standard InChI is InChI=1S/C20H17F17/c21-13(22,11-7-2-1-4-8-12-9-5-3-6-10-12)14(23,24)15(25,26)16(27,28)17(29,30)18(31,32)19(33,34)20(35,36)37/h3,5-6,9-10H,1-2,4,7-8,11H2. The summed E-state index contributed by atoms with van der Waals surface area (Å²) in [5, 5.41) is 0. The smallest absolute Gasteiger partial charge is 0.200 e. The maximum absolute atomic E-state index is 13.8. The van der Waals surface area contributed by atoms with E-state index in [9.17, 15) is 74.6 Å². The lowest BCUT2D eigenvalue weighted by molar-refractivity contribution is -0.461. The van der Waals surface area contributed by atoms with Gasteiger partial charge in [-0.15, -0.1) is 0 Å². The highest BCUT2D eigenvalue weighted by molar-refractivity contribution is 5.15. The van der Waals surface area contributed by atoms with Crippen molar-refractivity contribution in [2.45, 2.75) is 86.2 Å². The van der Waals surface area contributed by atoms with Crippen LogP contribution in [-0.2, 0) is 6.42 Å². The van der Waals surface area contributed by atoms with Crippen molar-refractivity contribution in [1.82, 2.24) is 0 Å². The minimum absolute atomic E-state index is 0.0138. The molecule has 1 rings (SSSR count). The monoisotopic (exact) mass is 580 g/mol. The average molecular weight is 580 g/mol. The van der Waals surface area contributed by atoms with E-state index in [1.165, 1.54) is 0 Å². The van der Waals surface area contributed by atoms with Crippen LogP contribution in [0.2, 0.25) is 0 Å². The summed E-state index contributed by atoms with van der Waals surface area (Å²) in [5.74, 6) is -55.8. The van der Waals surface area contributed by atoms with Crippen LogP contribution < -0.4 is 0 Å². The van der Waals surface area contributed by atoms with Gasteiger partial charge in [-0.05, 0) is 24.8 Å². The minimum Gasteiger partial charge on any atom is -0.200 e. The largest absolute Gasteiger partial charge is 0.460 e. The molecule has 216 valence electrons. The molecule has 0 atom stereocenters. The molecule has 0 spiro atoms. The lowest BCUT2D eigenvalue weighted by Crippen LogP contribution is -2.74. The lowest BCUT2D eigenvalue weighted by atomic mass is 9.87. The minimum atomic E-state index is -8.58. The summed E-state index contributed by atoms with van der Waals surface area (Å²) >= 11 is 0. The Bertz CT molecular complexity index is 871. The second kappa shape index (κ2) is 10.3. The summed E-state index contributed by atoms with van der Waals surface area (Å²) in [6.07, 6.45) is -11.0. The predicted octanol–water partition coefficient (Wildman–Crippen LogP) is 9.19. The van der Waals surface area contributed by atoms with Crippen LogP contribution in [0.4, 0.5) is 74.6 Å². The Balaban J connectivity index is 3.07. The molecule has 0 N–H and O–H groups in total. The van der Waals surface area contributed by atoms with Crippen molar-refractivity contribution < 1.29 is 74.6 Å². The Hall–Kier alpha value is -1.97. The molecule has 1 aromatic rings. The molecular weight excluding hydrogens is 563 g/mol. The molecule has 0 aliphatic heterocycles.